The highest BCUT2D eigenvalue weighted by Crippen LogP contribution is 2.20. The summed E-state index contributed by atoms with van der Waals surface area (Å²) in [5.74, 6) is -0.0767. The summed E-state index contributed by atoms with van der Waals surface area (Å²) in [6.07, 6.45) is 0.848. The topological polar surface area (TPSA) is 44.1 Å². The molecule has 4 heteroatoms. The molecular formula is C13H15BrN2O. The molecule has 0 spiro atoms. The van der Waals surface area contributed by atoms with E-state index in [9.17, 15) is 4.79 Å². The van der Waals surface area contributed by atoms with Gasteiger partial charge in [0.05, 0.1) is 6.07 Å². The Morgan fingerprint density at radius 2 is 2.24 bits per heavy atom. The van der Waals surface area contributed by atoms with Crippen LogP contribution in [0.15, 0.2) is 22.7 Å². The maximum absolute atomic E-state index is 12.3. The molecule has 0 atom stereocenters. The van der Waals surface area contributed by atoms with Crippen LogP contribution in [0.25, 0.3) is 0 Å². The first-order valence-corrected chi connectivity index (χ1v) is 6.32. The zero-order valence-electron chi connectivity index (χ0n) is 10.0. The number of halogens is 1. The van der Waals surface area contributed by atoms with Crippen LogP contribution >= 0.6 is 15.9 Å². The normalized spacial score (nSPS) is 9.76. The predicted octanol–water partition coefficient (Wildman–Crippen LogP) is 3.13. The van der Waals surface area contributed by atoms with Crippen LogP contribution in [-0.2, 0) is 0 Å². The highest BCUT2D eigenvalue weighted by atomic mass is 79.9. The summed E-state index contributed by atoms with van der Waals surface area (Å²) in [5.41, 5.74) is 1.57. The molecule has 0 unspecified atom stereocenters. The van der Waals surface area contributed by atoms with Crippen molar-refractivity contribution in [2.45, 2.75) is 20.3 Å². The molecule has 0 aliphatic rings. The van der Waals surface area contributed by atoms with Crippen molar-refractivity contribution in [2.24, 2.45) is 0 Å². The number of benzene rings is 1. The van der Waals surface area contributed by atoms with Gasteiger partial charge in [0.2, 0.25) is 0 Å². The van der Waals surface area contributed by atoms with E-state index in [1.165, 1.54) is 0 Å². The molecule has 0 aromatic heterocycles. The van der Waals surface area contributed by atoms with E-state index in [0.29, 0.717) is 12.1 Å². The lowest BCUT2D eigenvalue weighted by molar-refractivity contribution is 0.0775. The molecule has 3 nitrogen and oxygen atoms in total. The van der Waals surface area contributed by atoms with Gasteiger partial charge in [0.1, 0.15) is 6.54 Å². The van der Waals surface area contributed by atoms with Crippen molar-refractivity contribution in [1.82, 2.24) is 4.90 Å². The molecule has 0 aliphatic heterocycles. The van der Waals surface area contributed by atoms with E-state index in [0.717, 1.165) is 16.5 Å². The molecule has 0 radical (unpaired) electrons. The van der Waals surface area contributed by atoms with E-state index in [1.807, 2.05) is 32.0 Å². The first kappa shape index (κ1) is 13.7. The minimum Gasteiger partial charge on any atom is -0.325 e. The van der Waals surface area contributed by atoms with E-state index in [-0.39, 0.29) is 12.5 Å². The molecule has 1 rings (SSSR count). The minimum atomic E-state index is -0.0767. The third kappa shape index (κ3) is 3.31. The molecule has 0 bridgehead atoms. The van der Waals surface area contributed by atoms with E-state index in [2.05, 4.69) is 15.9 Å². The first-order chi connectivity index (χ1) is 8.11. The van der Waals surface area contributed by atoms with Gasteiger partial charge in [-0.05, 0) is 31.0 Å². The van der Waals surface area contributed by atoms with Crippen molar-refractivity contribution >= 4 is 21.8 Å². The van der Waals surface area contributed by atoms with Gasteiger partial charge in [-0.1, -0.05) is 28.9 Å². The summed E-state index contributed by atoms with van der Waals surface area (Å²) >= 11 is 3.41. The van der Waals surface area contributed by atoms with Crippen molar-refractivity contribution in [3.8, 4) is 6.07 Å². The summed E-state index contributed by atoms with van der Waals surface area (Å²) in [5, 5.41) is 8.73. The fraction of sp³-hybridized carbons (Fsp3) is 0.385. The Balaban J connectivity index is 3.01. The van der Waals surface area contributed by atoms with Gasteiger partial charge in [0, 0.05) is 16.6 Å². The van der Waals surface area contributed by atoms with Gasteiger partial charge in [-0.2, -0.15) is 5.26 Å². The van der Waals surface area contributed by atoms with Crippen molar-refractivity contribution in [2.75, 3.05) is 13.1 Å². The van der Waals surface area contributed by atoms with Gasteiger partial charge in [0.15, 0.2) is 0 Å². The monoisotopic (exact) mass is 294 g/mol. The lowest BCUT2D eigenvalue weighted by atomic mass is 10.1. The lowest BCUT2D eigenvalue weighted by Crippen LogP contribution is -2.32. The van der Waals surface area contributed by atoms with Crippen molar-refractivity contribution < 1.29 is 4.79 Å². The maximum Gasteiger partial charge on any atom is 0.255 e. The van der Waals surface area contributed by atoms with Gasteiger partial charge in [-0.25, -0.2) is 0 Å². The average Bonchev–Trinajstić information content (AvgIpc) is 2.31. The molecule has 0 saturated heterocycles. The number of carbonyl (C=O) groups is 1. The number of rotatable bonds is 4. The Morgan fingerprint density at radius 3 is 2.82 bits per heavy atom. The molecule has 0 aliphatic carbocycles. The fourth-order valence-electron chi connectivity index (χ4n) is 1.62. The van der Waals surface area contributed by atoms with Crippen LogP contribution in [0.4, 0.5) is 0 Å². The van der Waals surface area contributed by atoms with E-state index in [4.69, 9.17) is 5.26 Å². The third-order valence-corrected chi connectivity index (χ3v) is 3.40. The predicted molar refractivity (Wildman–Crippen MR) is 70.7 cm³/mol. The van der Waals surface area contributed by atoms with Crippen LogP contribution in [0.5, 0.6) is 0 Å². The third-order valence-electron chi connectivity index (χ3n) is 2.54. The zero-order chi connectivity index (χ0) is 12.8. The van der Waals surface area contributed by atoms with Gasteiger partial charge in [-0.15, -0.1) is 0 Å². The number of nitriles is 1. The summed E-state index contributed by atoms with van der Waals surface area (Å²) < 4.78 is 0.914. The van der Waals surface area contributed by atoms with Gasteiger partial charge in [-0.3, -0.25) is 4.79 Å². The molecule has 0 fully saturated rings. The molecule has 90 valence electrons. The summed E-state index contributed by atoms with van der Waals surface area (Å²) in [6, 6.07) is 7.56. The standard InChI is InChI=1S/C13H15BrN2O/c1-3-8-16(9-7-15)13(17)11-5-4-6-12(14)10(11)2/h4-6H,3,8-9H2,1-2H3. The Kier molecular flexibility index (Phi) is 5.17. The molecular weight excluding hydrogens is 280 g/mol. The molecule has 0 saturated carbocycles. The van der Waals surface area contributed by atoms with Crippen molar-refractivity contribution in [1.29, 1.82) is 5.26 Å². The Bertz CT molecular complexity index is 451. The zero-order valence-corrected chi connectivity index (χ0v) is 11.6. The fourth-order valence-corrected chi connectivity index (χ4v) is 1.98. The smallest absolute Gasteiger partial charge is 0.255 e. The van der Waals surface area contributed by atoms with Gasteiger partial charge >= 0.3 is 0 Å². The van der Waals surface area contributed by atoms with E-state index in [1.54, 1.807) is 11.0 Å². The number of hydrogen-bond acceptors (Lipinski definition) is 2. The molecule has 17 heavy (non-hydrogen) atoms. The number of amides is 1. The van der Waals surface area contributed by atoms with Crippen LogP contribution < -0.4 is 0 Å². The SMILES string of the molecule is CCCN(CC#N)C(=O)c1cccc(Br)c1C. The molecule has 1 amide bonds. The van der Waals surface area contributed by atoms with E-state index < -0.39 is 0 Å². The number of carbonyl (C=O) groups excluding carboxylic acids is 1. The van der Waals surface area contributed by atoms with Crippen LogP contribution in [0.1, 0.15) is 29.3 Å². The van der Waals surface area contributed by atoms with Crippen LogP contribution in [0, 0.1) is 18.3 Å². The number of nitrogens with zero attached hydrogens (tertiary/aromatic N) is 2. The Labute approximate surface area is 110 Å². The summed E-state index contributed by atoms with van der Waals surface area (Å²) in [7, 11) is 0. The van der Waals surface area contributed by atoms with Crippen LogP contribution in [0.2, 0.25) is 0 Å². The molecule has 0 heterocycles. The summed E-state index contributed by atoms with van der Waals surface area (Å²) in [6.45, 7) is 4.64. The largest absolute Gasteiger partial charge is 0.325 e. The lowest BCUT2D eigenvalue weighted by Gasteiger charge is -2.20. The second-order valence-electron chi connectivity index (χ2n) is 3.80. The van der Waals surface area contributed by atoms with Crippen LogP contribution in [0.3, 0.4) is 0 Å². The van der Waals surface area contributed by atoms with Gasteiger partial charge in [0.25, 0.3) is 5.91 Å². The highest BCUT2D eigenvalue weighted by molar-refractivity contribution is 9.10. The van der Waals surface area contributed by atoms with E-state index >= 15 is 0 Å². The molecule has 1 aromatic carbocycles. The number of hydrogen-bond donors (Lipinski definition) is 0. The molecule has 1 aromatic rings. The average molecular weight is 295 g/mol. The summed E-state index contributed by atoms with van der Waals surface area (Å²) in [4.78, 5) is 13.8. The maximum atomic E-state index is 12.3. The van der Waals surface area contributed by atoms with Crippen molar-refractivity contribution in [3.05, 3.63) is 33.8 Å². The Hall–Kier alpha value is -1.34. The Morgan fingerprint density at radius 1 is 1.53 bits per heavy atom. The van der Waals surface area contributed by atoms with Crippen LogP contribution in [-0.4, -0.2) is 23.9 Å². The highest BCUT2D eigenvalue weighted by Gasteiger charge is 2.17. The quantitative estimate of drug-likeness (QED) is 0.801. The minimum absolute atomic E-state index is 0.0767. The first-order valence-electron chi connectivity index (χ1n) is 5.53. The van der Waals surface area contributed by atoms with Crippen molar-refractivity contribution in [3.63, 3.8) is 0 Å². The second-order valence-corrected chi connectivity index (χ2v) is 4.65. The van der Waals surface area contributed by atoms with Gasteiger partial charge < -0.3 is 4.90 Å². The second kappa shape index (κ2) is 6.41. The molecule has 0 N–H and O–H groups in total.